The van der Waals surface area contributed by atoms with Crippen molar-refractivity contribution in [1.29, 1.82) is 0 Å². The number of pyridine rings is 2. The van der Waals surface area contributed by atoms with Crippen molar-refractivity contribution in [3.8, 4) is 0 Å². The largest absolute Gasteiger partial charge is 0.388 e. The minimum atomic E-state index is -3.68. The Hall–Kier alpha value is -2.06. The molecule has 98 valence electrons. The van der Waals surface area contributed by atoms with Crippen LogP contribution in [0.25, 0.3) is 0 Å². The van der Waals surface area contributed by atoms with Gasteiger partial charge in [-0.25, -0.2) is 8.42 Å². The summed E-state index contributed by atoms with van der Waals surface area (Å²) in [6.45, 7) is 0. The Balaban J connectivity index is 2.27. The van der Waals surface area contributed by atoms with Gasteiger partial charge in [-0.2, -0.15) is 0 Å². The highest BCUT2D eigenvalue weighted by atomic mass is 32.2. The van der Waals surface area contributed by atoms with Gasteiger partial charge < -0.3 is 5.73 Å². The van der Waals surface area contributed by atoms with Crippen molar-refractivity contribution < 1.29 is 8.42 Å². The van der Waals surface area contributed by atoms with Gasteiger partial charge in [0.1, 0.15) is 9.88 Å². The maximum atomic E-state index is 12.0. The van der Waals surface area contributed by atoms with Crippen molar-refractivity contribution >= 4 is 32.9 Å². The highest BCUT2D eigenvalue weighted by Crippen LogP contribution is 2.14. The minimum Gasteiger partial charge on any atom is -0.388 e. The van der Waals surface area contributed by atoms with E-state index in [0.29, 0.717) is 11.4 Å². The van der Waals surface area contributed by atoms with E-state index in [2.05, 4.69) is 14.7 Å². The molecule has 0 bridgehead atoms. The first-order valence-corrected chi connectivity index (χ1v) is 7.07. The van der Waals surface area contributed by atoms with Crippen LogP contribution in [0, 0.1) is 0 Å². The predicted octanol–water partition coefficient (Wildman–Crippen LogP) is 0.912. The molecule has 0 aliphatic heterocycles. The highest BCUT2D eigenvalue weighted by molar-refractivity contribution is 7.92. The molecule has 0 fully saturated rings. The zero-order valence-corrected chi connectivity index (χ0v) is 11.3. The van der Waals surface area contributed by atoms with Crippen LogP contribution in [0.2, 0.25) is 0 Å². The second-order valence-electron chi connectivity index (χ2n) is 3.58. The number of anilines is 1. The van der Waals surface area contributed by atoms with E-state index in [9.17, 15) is 8.42 Å². The van der Waals surface area contributed by atoms with Gasteiger partial charge in [0.15, 0.2) is 0 Å². The summed E-state index contributed by atoms with van der Waals surface area (Å²) in [6.07, 6.45) is 4.19. The third-order valence-electron chi connectivity index (χ3n) is 2.23. The van der Waals surface area contributed by atoms with Gasteiger partial charge in [-0.3, -0.25) is 14.7 Å². The van der Waals surface area contributed by atoms with Gasteiger partial charge in [0.05, 0.1) is 11.4 Å². The molecule has 2 aromatic rings. The van der Waals surface area contributed by atoms with Gasteiger partial charge >= 0.3 is 0 Å². The topological polar surface area (TPSA) is 98.0 Å². The van der Waals surface area contributed by atoms with Gasteiger partial charge in [-0.05, 0) is 24.3 Å². The van der Waals surface area contributed by atoms with Crippen molar-refractivity contribution in [3.05, 3.63) is 48.5 Å². The molecule has 2 rings (SSSR count). The lowest BCUT2D eigenvalue weighted by molar-refractivity contribution is 0.601. The van der Waals surface area contributed by atoms with Crippen LogP contribution >= 0.6 is 12.2 Å². The molecule has 6 nitrogen and oxygen atoms in total. The van der Waals surface area contributed by atoms with Gasteiger partial charge in [-0.1, -0.05) is 12.2 Å². The number of nitrogens with zero attached hydrogens (tertiary/aromatic N) is 2. The fourth-order valence-electron chi connectivity index (χ4n) is 1.32. The smallest absolute Gasteiger partial charge is 0.263 e. The van der Waals surface area contributed by atoms with Crippen molar-refractivity contribution in [2.75, 3.05) is 4.72 Å². The van der Waals surface area contributed by atoms with Crippen LogP contribution in [0.4, 0.5) is 5.69 Å². The number of thiocarbonyl (C=S) groups is 1. The molecule has 0 spiro atoms. The molecule has 0 unspecified atom stereocenters. The fraction of sp³-hybridized carbons (Fsp3) is 0. The maximum absolute atomic E-state index is 12.0. The summed E-state index contributed by atoms with van der Waals surface area (Å²) in [5.74, 6) is 0. The highest BCUT2D eigenvalue weighted by Gasteiger charge is 2.14. The standard InChI is InChI=1S/C11H10N4O2S2/c12-11(18)10-2-1-9(7-14-10)19(16,17)15-8-3-5-13-6-4-8/h1-7H,(H2,12,18)(H,13,15). The van der Waals surface area contributed by atoms with Crippen LogP contribution in [-0.4, -0.2) is 23.4 Å². The first-order valence-electron chi connectivity index (χ1n) is 5.18. The van der Waals surface area contributed by atoms with Crippen molar-refractivity contribution in [3.63, 3.8) is 0 Å². The van der Waals surface area contributed by atoms with E-state index >= 15 is 0 Å². The molecule has 0 saturated carbocycles. The van der Waals surface area contributed by atoms with Crippen LogP contribution in [0.5, 0.6) is 0 Å². The summed E-state index contributed by atoms with van der Waals surface area (Å²) in [5.41, 5.74) is 6.19. The average molecular weight is 294 g/mol. The fourth-order valence-corrected chi connectivity index (χ4v) is 2.44. The van der Waals surface area contributed by atoms with Gasteiger partial charge in [-0.15, -0.1) is 0 Å². The number of nitrogens with one attached hydrogen (secondary N) is 1. The Bertz CT molecular complexity index is 684. The van der Waals surface area contributed by atoms with Crippen LogP contribution in [-0.2, 0) is 10.0 Å². The van der Waals surface area contributed by atoms with Crippen LogP contribution in [0.3, 0.4) is 0 Å². The second-order valence-corrected chi connectivity index (χ2v) is 5.71. The normalized spacial score (nSPS) is 10.9. The molecule has 19 heavy (non-hydrogen) atoms. The van der Waals surface area contributed by atoms with Crippen molar-refractivity contribution in [1.82, 2.24) is 9.97 Å². The molecular weight excluding hydrogens is 284 g/mol. The number of aromatic nitrogens is 2. The molecular formula is C11H10N4O2S2. The van der Waals surface area contributed by atoms with Gasteiger partial charge in [0.25, 0.3) is 10.0 Å². The summed E-state index contributed by atoms with van der Waals surface area (Å²) in [4.78, 5) is 7.84. The number of hydrogen-bond acceptors (Lipinski definition) is 5. The van der Waals surface area contributed by atoms with E-state index in [1.165, 1.54) is 30.7 Å². The quantitative estimate of drug-likeness (QED) is 0.813. The molecule has 0 aliphatic rings. The van der Waals surface area contributed by atoms with E-state index in [1.807, 2.05) is 0 Å². The Morgan fingerprint density at radius 3 is 2.42 bits per heavy atom. The van der Waals surface area contributed by atoms with Crippen molar-refractivity contribution in [2.45, 2.75) is 4.90 Å². The SMILES string of the molecule is NC(=S)c1ccc(S(=O)(=O)Nc2ccncc2)cn1. The summed E-state index contributed by atoms with van der Waals surface area (Å²) in [7, 11) is -3.68. The maximum Gasteiger partial charge on any atom is 0.263 e. The van der Waals surface area contributed by atoms with Crippen LogP contribution < -0.4 is 10.5 Å². The molecule has 2 heterocycles. The lowest BCUT2D eigenvalue weighted by Crippen LogP contribution is -2.15. The molecule has 0 radical (unpaired) electrons. The third-order valence-corrected chi connectivity index (χ3v) is 3.81. The number of nitrogens with two attached hydrogens (primary N) is 1. The van der Waals surface area contributed by atoms with E-state index < -0.39 is 10.0 Å². The summed E-state index contributed by atoms with van der Waals surface area (Å²) < 4.78 is 26.5. The number of hydrogen-bond donors (Lipinski definition) is 2. The summed E-state index contributed by atoms with van der Waals surface area (Å²) in [6, 6.07) is 5.96. The monoisotopic (exact) mass is 294 g/mol. The average Bonchev–Trinajstić information content (AvgIpc) is 2.39. The first kappa shape index (κ1) is 13.4. The Labute approximate surface area is 115 Å². The molecule has 0 saturated heterocycles. The predicted molar refractivity (Wildman–Crippen MR) is 75.2 cm³/mol. The number of rotatable bonds is 4. The Morgan fingerprint density at radius 2 is 1.89 bits per heavy atom. The van der Waals surface area contributed by atoms with Gasteiger partial charge in [0, 0.05) is 18.6 Å². The molecule has 8 heteroatoms. The van der Waals surface area contributed by atoms with E-state index in [1.54, 1.807) is 12.1 Å². The number of sulfonamides is 1. The molecule has 0 amide bonds. The molecule has 0 atom stereocenters. The van der Waals surface area contributed by atoms with E-state index in [4.69, 9.17) is 18.0 Å². The third kappa shape index (κ3) is 3.24. The first-order chi connectivity index (χ1) is 8.99. The lowest BCUT2D eigenvalue weighted by atomic mass is 10.3. The summed E-state index contributed by atoms with van der Waals surface area (Å²) in [5, 5.41) is 0. The van der Waals surface area contributed by atoms with Gasteiger partial charge in [0.2, 0.25) is 0 Å². The molecule has 0 aromatic carbocycles. The van der Waals surface area contributed by atoms with Crippen LogP contribution in [0.1, 0.15) is 5.69 Å². The second kappa shape index (κ2) is 5.29. The van der Waals surface area contributed by atoms with E-state index in [0.717, 1.165) is 0 Å². The molecule has 2 aromatic heterocycles. The Kier molecular flexibility index (Phi) is 3.72. The lowest BCUT2D eigenvalue weighted by Gasteiger charge is -2.07. The van der Waals surface area contributed by atoms with E-state index in [-0.39, 0.29) is 9.88 Å². The molecule has 3 N–H and O–H groups in total. The van der Waals surface area contributed by atoms with Crippen LogP contribution in [0.15, 0.2) is 47.8 Å². The van der Waals surface area contributed by atoms with Crippen molar-refractivity contribution in [2.24, 2.45) is 5.73 Å². The minimum absolute atomic E-state index is 0.0318. The zero-order chi connectivity index (χ0) is 13.9. The molecule has 0 aliphatic carbocycles. The Morgan fingerprint density at radius 1 is 1.21 bits per heavy atom. The zero-order valence-electron chi connectivity index (χ0n) is 9.65. The summed E-state index contributed by atoms with van der Waals surface area (Å²) >= 11 is 4.75.